The van der Waals surface area contributed by atoms with Crippen molar-refractivity contribution in [3.63, 3.8) is 0 Å². The third kappa shape index (κ3) is 7.61. The fourth-order valence-electron chi connectivity index (χ4n) is 1.53. The van der Waals surface area contributed by atoms with E-state index in [1.807, 2.05) is 0 Å². The highest BCUT2D eigenvalue weighted by atomic mass is 32.1. The fourth-order valence-corrected chi connectivity index (χ4v) is 1.78. The quantitative estimate of drug-likeness (QED) is 0.299. The van der Waals surface area contributed by atoms with Gasteiger partial charge in [-0.05, 0) is 6.42 Å². The maximum absolute atomic E-state index is 12.1. The van der Waals surface area contributed by atoms with E-state index in [9.17, 15) is 24.0 Å². The molecule has 1 unspecified atom stereocenters. The van der Waals surface area contributed by atoms with Crippen molar-refractivity contribution in [2.75, 3.05) is 12.3 Å². The van der Waals surface area contributed by atoms with Gasteiger partial charge in [-0.1, -0.05) is 0 Å². The van der Waals surface area contributed by atoms with E-state index >= 15 is 0 Å². The van der Waals surface area contributed by atoms with Gasteiger partial charge in [-0.15, -0.1) is 0 Å². The van der Waals surface area contributed by atoms with E-state index in [0.717, 1.165) is 6.92 Å². The van der Waals surface area contributed by atoms with Crippen molar-refractivity contribution >= 4 is 42.3 Å². The molecule has 0 aromatic carbocycles. The largest absolute Gasteiger partial charge is 0.480 e. The summed E-state index contributed by atoms with van der Waals surface area (Å²) in [4.78, 5) is 56.8. The first-order chi connectivity index (χ1) is 10.6. The Labute approximate surface area is 137 Å². The summed E-state index contributed by atoms with van der Waals surface area (Å²) in [5, 5.41) is 19.6. The molecule has 0 aromatic heterocycles. The number of hydrogen-bond acceptors (Lipinski definition) is 7. The van der Waals surface area contributed by atoms with Crippen molar-refractivity contribution in [3.8, 4) is 0 Å². The smallest absolute Gasteiger partial charge is 0.323 e. The molecule has 5 N–H and O–H groups in total. The van der Waals surface area contributed by atoms with Gasteiger partial charge in [0.05, 0.1) is 0 Å². The molecule has 0 spiro atoms. The van der Waals surface area contributed by atoms with Crippen molar-refractivity contribution < 1.29 is 34.2 Å². The number of rotatable bonds is 9. The highest BCUT2D eigenvalue weighted by Gasteiger charge is 2.29. The molecule has 0 rings (SSSR count). The van der Waals surface area contributed by atoms with Gasteiger partial charge in [0.25, 0.3) is 5.91 Å². The van der Waals surface area contributed by atoms with Crippen LogP contribution in [0.1, 0.15) is 19.8 Å². The van der Waals surface area contributed by atoms with Gasteiger partial charge in [0.2, 0.25) is 11.8 Å². The Bertz CT molecular complexity index is 497. The zero-order valence-electron chi connectivity index (χ0n) is 12.4. The van der Waals surface area contributed by atoms with Crippen LogP contribution in [0.4, 0.5) is 0 Å². The molecule has 0 bridgehead atoms. The number of thiol groups is 1. The van der Waals surface area contributed by atoms with Crippen molar-refractivity contribution in [3.05, 3.63) is 0 Å². The Morgan fingerprint density at radius 2 is 1.78 bits per heavy atom. The SMILES string of the molecule is CC(=O)N(CC(=O)O)C(=O)[C@@H](CS)NC(=O)CCC(N)C(=O)O. The number of carbonyl (C=O) groups excluding carboxylic acids is 3. The summed E-state index contributed by atoms with van der Waals surface area (Å²) in [5.74, 6) is -5.17. The summed E-state index contributed by atoms with van der Waals surface area (Å²) in [6, 6.07) is -2.43. The topological polar surface area (TPSA) is 167 Å². The highest BCUT2D eigenvalue weighted by Crippen LogP contribution is 2.02. The van der Waals surface area contributed by atoms with Gasteiger partial charge in [-0.3, -0.25) is 28.9 Å². The van der Waals surface area contributed by atoms with Gasteiger partial charge in [-0.2, -0.15) is 12.6 Å². The van der Waals surface area contributed by atoms with Crippen LogP contribution >= 0.6 is 12.6 Å². The molecule has 0 radical (unpaired) electrons. The van der Waals surface area contributed by atoms with E-state index in [1.165, 1.54) is 0 Å². The van der Waals surface area contributed by atoms with Crippen molar-refractivity contribution in [1.29, 1.82) is 0 Å². The van der Waals surface area contributed by atoms with Gasteiger partial charge in [0, 0.05) is 19.1 Å². The van der Waals surface area contributed by atoms with Crippen LogP contribution in [0.25, 0.3) is 0 Å². The first-order valence-electron chi connectivity index (χ1n) is 6.52. The van der Waals surface area contributed by atoms with Gasteiger partial charge in [-0.25, -0.2) is 0 Å². The molecule has 0 saturated heterocycles. The minimum absolute atomic E-state index is 0.139. The van der Waals surface area contributed by atoms with E-state index in [2.05, 4.69) is 17.9 Å². The van der Waals surface area contributed by atoms with E-state index in [4.69, 9.17) is 15.9 Å². The third-order valence-electron chi connectivity index (χ3n) is 2.76. The second-order valence-electron chi connectivity index (χ2n) is 4.62. The summed E-state index contributed by atoms with van der Waals surface area (Å²) >= 11 is 3.88. The molecule has 0 aliphatic heterocycles. The van der Waals surface area contributed by atoms with Crippen LogP contribution in [-0.2, 0) is 24.0 Å². The number of carboxylic acids is 2. The predicted octanol–water partition coefficient (Wildman–Crippen LogP) is -1.95. The second kappa shape index (κ2) is 9.79. The molecule has 3 amide bonds. The van der Waals surface area contributed by atoms with Crippen LogP contribution in [0.3, 0.4) is 0 Å². The lowest BCUT2D eigenvalue weighted by molar-refractivity contribution is -0.152. The number of amides is 3. The first kappa shape index (κ1) is 20.9. The number of aliphatic carboxylic acids is 2. The maximum Gasteiger partial charge on any atom is 0.323 e. The average Bonchev–Trinajstić information content (AvgIpc) is 2.46. The molecular formula is C12H19N3O7S. The Balaban J connectivity index is 4.76. The minimum Gasteiger partial charge on any atom is -0.480 e. The van der Waals surface area contributed by atoms with Crippen LogP contribution in [0.2, 0.25) is 0 Å². The van der Waals surface area contributed by atoms with Crippen molar-refractivity contribution in [2.45, 2.75) is 31.8 Å². The van der Waals surface area contributed by atoms with Gasteiger partial charge in [0.1, 0.15) is 18.6 Å². The third-order valence-corrected chi connectivity index (χ3v) is 3.12. The maximum atomic E-state index is 12.1. The molecule has 10 nitrogen and oxygen atoms in total. The van der Waals surface area contributed by atoms with Crippen LogP contribution < -0.4 is 11.1 Å². The summed E-state index contributed by atoms with van der Waals surface area (Å²) in [5.41, 5.74) is 5.25. The second-order valence-corrected chi connectivity index (χ2v) is 4.99. The van der Waals surface area contributed by atoms with Crippen LogP contribution in [0.5, 0.6) is 0 Å². The van der Waals surface area contributed by atoms with E-state index in [-0.39, 0.29) is 18.6 Å². The Morgan fingerprint density at radius 1 is 1.22 bits per heavy atom. The van der Waals surface area contributed by atoms with Gasteiger partial charge < -0.3 is 21.3 Å². The first-order valence-corrected chi connectivity index (χ1v) is 7.15. The molecule has 0 fully saturated rings. The van der Waals surface area contributed by atoms with Crippen LogP contribution in [0, 0.1) is 0 Å². The number of imide groups is 1. The average molecular weight is 349 g/mol. The number of hydrogen-bond donors (Lipinski definition) is 5. The fraction of sp³-hybridized carbons (Fsp3) is 0.583. The van der Waals surface area contributed by atoms with E-state index in [0.29, 0.717) is 4.90 Å². The molecule has 0 aromatic rings. The number of nitrogens with one attached hydrogen (secondary N) is 1. The Hall–Kier alpha value is -2.14. The van der Waals surface area contributed by atoms with Crippen molar-refractivity contribution in [2.24, 2.45) is 5.73 Å². The van der Waals surface area contributed by atoms with Crippen LogP contribution in [-0.4, -0.2) is 69.2 Å². The molecule has 2 atom stereocenters. The number of carbonyl (C=O) groups is 5. The molecular weight excluding hydrogens is 330 g/mol. The number of nitrogens with two attached hydrogens (primary N) is 1. The van der Waals surface area contributed by atoms with Crippen LogP contribution in [0.15, 0.2) is 0 Å². The molecule has 0 heterocycles. The molecule has 130 valence electrons. The molecule has 11 heteroatoms. The zero-order chi connectivity index (χ0) is 18.2. The standard InChI is InChI=1S/C12H19N3O7S/c1-6(16)15(4-10(18)19)11(20)8(5-23)14-9(17)3-2-7(13)12(21)22/h7-8,23H,2-5,13H2,1H3,(H,14,17)(H,18,19)(H,21,22)/t7?,8-/m1/s1. The lowest BCUT2D eigenvalue weighted by Crippen LogP contribution is -2.52. The highest BCUT2D eigenvalue weighted by molar-refractivity contribution is 7.80. The lowest BCUT2D eigenvalue weighted by atomic mass is 10.1. The Morgan fingerprint density at radius 3 is 2.17 bits per heavy atom. The summed E-state index contributed by atoms with van der Waals surface area (Å²) in [6.45, 7) is 0.183. The molecule has 23 heavy (non-hydrogen) atoms. The monoisotopic (exact) mass is 349 g/mol. The van der Waals surface area contributed by atoms with Crippen molar-refractivity contribution in [1.82, 2.24) is 10.2 Å². The van der Waals surface area contributed by atoms with E-state index in [1.54, 1.807) is 0 Å². The molecule has 0 saturated carbocycles. The summed E-state index contributed by atoms with van der Waals surface area (Å²) in [7, 11) is 0. The molecule has 0 aliphatic rings. The number of nitrogens with zero attached hydrogens (tertiary/aromatic N) is 1. The summed E-state index contributed by atoms with van der Waals surface area (Å²) in [6.07, 6.45) is -0.385. The Kier molecular flexibility index (Phi) is 8.88. The number of carboxylic acid groups (broad SMARTS) is 2. The van der Waals surface area contributed by atoms with Gasteiger partial charge >= 0.3 is 11.9 Å². The van der Waals surface area contributed by atoms with Gasteiger partial charge in [0.15, 0.2) is 0 Å². The predicted molar refractivity (Wildman–Crippen MR) is 80.7 cm³/mol. The summed E-state index contributed by atoms with van der Waals surface area (Å²) < 4.78 is 0. The minimum atomic E-state index is -1.38. The normalized spacial score (nSPS) is 12.8. The zero-order valence-corrected chi connectivity index (χ0v) is 13.3. The van der Waals surface area contributed by atoms with E-state index < -0.39 is 48.3 Å². The lowest BCUT2D eigenvalue weighted by Gasteiger charge is -2.23. The molecule has 0 aliphatic carbocycles.